The first-order valence-electron chi connectivity index (χ1n) is 4.08. The van der Waals surface area contributed by atoms with E-state index >= 15 is 0 Å². The molecule has 0 amide bonds. The fourth-order valence-electron chi connectivity index (χ4n) is 1.12. The number of rotatable bonds is 2. The lowest BCUT2D eigenvalue weighted by Gasteiger charge is -1.94. The SMILES string of the molecule is Cc1[nH]nc(-n2ccc(CO)n2)c1F. The van der Waals surface area contributed by atoms with Crippen molar-refractivity contribution < 1.29 is 9.50 Å². The Morgan fingerprint density at radius 3 is 2.93 bits per heavy atom. The summed E-state index contributed by atoms with van der Waals surface area (Å²) >= 11 is 0. The molecule has 0 aromatic carbocycles. The first-order chi connectivity index (χ1) is 6.72. The van der Waals surface area contributed by atoms with E-state index in [1.54, 1.807) is 19.2 Å². The number of hydrogen-bond donors (Lipinski definition) is 2. The topological polar surface area (TPSA) is 66.7 Å². The van der Waals surface area contributed by atoms with E-state index in [1.807, 2.05) is 0 Å². The molecule has 0 aliphatic carbocycles. The van der Waals surface area contributed by atoms with Crippen LogP contribution < -0.4 is 0 Å². The third kappa shape index (κ3) is 1.29. The van der Waals surface area contributed by atoms with Crippen LogP contribution in [-0.2, 0) is 6.61 Å². The Morgan fingerprint density at radius 1 is 1.64 bits per heavy atom. The van der Waals surface area contributed by atoms with E-state index in [0.29, 0.717) is 11.4 Å². The normalized spacial score (nSPS) is 10.8. The molecular formula is C8H9FN4O. The highest BCUT2D eigenvalue weighted by Crippen LogP contribution is 2.12. The van der Waals surface area contributed by atoms with Crippen LogP contribution in [0.15, 0.2) is 12.3 Å². The van der Waals surface area contributed by atoms with Crippen LogP contribution >= 0.6 is 0 Å². The van der Waals surface area contributed by atoms with Crippen LogP contribution in [-0.4, -0.2) is 25.1 Å². The quantitative estimate of drug-likeness (QED) is 0.736. The maximum absolute atomic E-state index is 13.3. The molecule has 74 valence electrons. The fraction of sp³-hybridized carbons (Fsp3) is 0.250. The number of nitrogens with zero attached hydrogens (tertiary/aromatic N) is 3. The Morgan fingerprint density at radius 2 is 2.43 bits per heavy atom. The maximum atomic E-state index is 13.3. The van der Waals surface area contributed by atoms with Crippen molar-refractivity contribution in [3.8, 4) is 5.82 Å². The van der Waals surface area contributed by atoms with E-state index in [0.717, 1.165) is 0 Å². The van der Waals surface area contributed by atoms with Crippen molar-refractivity contribution >= 4 is 0 Å². The number of hydrogen-bond acceptors (Lipinski definition) is 3. The number of aliphatic hydroxyl groups excluding tert-OH is 1. The summed E-state index contributed by atoms with van der Waals surface area (Å²) in [5.74, 6) is -0.320. The highest BCUT2D eigenvalue weighted by atomic mass is 19.1. The molecule has 14 heavy (non-hydrogen) atoms. The molecule has 6 heteroatoms. The monoisotopic (exact) mass is 196 g/mol. The second kappa shape index (κ2) is 3.22. The van der Waals surface area contributed by atoms with E-state index in [2.05, 4.69) is 15.3 Å². The van der Waals surface area contributed by atoms with Crippen LogP contribution in [0, 0.1) is 12.7 Å². The second-order valence-corrected chi connectivity index (χ2v) is 2.90. The zero-order chi connectivity index (χ0) is 10.1. The number of aliphatic hydroxyl groups is 1. The van der Waals surface area contributed by atoms with Gasteiger partial charge in [-0.25, -0.2) is 9.07 Å². The van der Waals surface area contributed by atoms with Crippen molar-refractivity contribution in [1.29, 1.82) is 0 Å². The van der Waals surface area contributed by atoms with E-state index in [9.17, 15) is 4.39 Å². The van der Waals surface area contributed by atoms with Crippen molar-refractivity contribution in [2.45, 2.75) is 13.5 Å². The molecule has 0 unspecified atom stereocenters. The largest absolute Gasteiger partial charge is 0.390 e. The lowest BCUT2D eigenvalue weighted by Crippen LogP contribution is -1.99. The second-order valence-electron chi connectivity index (χ2n) is 2.90. The number of H-pyrrole nitrogens is 1. The van der Waals surface area contributed by atoms with Crippen LogP contribution in [0.1, 0.15) is 11.4 Å². The van der Waals surface area contributed by atoms with Gasteiger partial charge in [0.1, 0.15) is 0 Å². The minimum Gasteiger partial charge on any atom is -0.390 e. The van der Waals surface area contributed by atoms with Gasteiger partial charge in [0.25, 0.3) is 0 Å². The van der Waals surface area contributed by atoms with Gasteiger partial charge in [-0.1, -0.05) is 0 Å². The number of aryl methyl sites for hydroxylation is 1. The fourth-order valence-corrected chi connectivity index (χ4v) is 1.12. The minimum absolute atomic E-state index is 0.113. The Kier molecular flexibility index (Phi) is 2.05. The predicted molar refractivity (Wildman–Crippen MR) is 46.3 cm³/mol. The van der Waals surface area contributed by atoms with E-state index in [4.69, 9.17) is 5.11 Å². The number of aromatic amines is 1. The summed E-state index contributed by atoms with van der Waals surface area (Å²) in [4.78, 5) is 0. The van der Waals surface area contributed by atoms with Gasteiger partial charge in [0, 0.05) is 6.20 Å². The van der Waals surface area contributed by atoms with Gasteiger partial charge < -0.3 is 5.11 Å². The highest BCUT2D eigenvalue weighted by Gasteiger charge is 2.12. The van der Waals surface area contributed by atoms with Gasteiger partial charge in [-0.2, -0.15) is 10.2 Å². The molecule has 0 aliphatic heterocycles. The van der Waals surface area contributed by atoms with Gasteiger partial charge in [-0.15, -0.1) is 0 Å². The van der Waals surface area contributed by atoms with Gasteiger partial charge in [0.05, 0.1) is 18.0 Å². The standard InChI is InChI=1S/C8H9FN4O/c1-5-7(9)8(11-10-5)13-3-2-6(4-14)12-13/h2-3,14H,4H2,1H3,(H,10,11). The van der Waals surface area contributed by atoms with Crippen LogP contribution in [0.5, 0.6) is 0 Å². The molecule has 0 radical (unpaired) electrons. The van der Waals surface area contributed by atoms with Gasteiger partial charge in [-0.3, -0.25) is 5.10 Å². The molecule has 2 aromatic heterocycles. The average molecular weight is 196 g/mol. The molecule has 2 rings (SSSR count). The molecule has 0 spiro atoms. The molecule has 0 bridgehead atoms. The molecule has 2 aromatic rings. The molecule has 5 nitrogen and oxygen atoms in total. The van der Waals surface area contributed by atoms with Crippen molar-refractivity contribution in [2.75, 3.05) is 0 Å². The van der Waals surface area contributed by atoms with Gasteiger partial charge in [0.2, 0.25) is 5.82 Å². The summed E-state index contributed by atoms with van der Waals surface area (Å²) in [5, 5.41) is 19.0. The van der Waals surface area contributed by atoms with Gasteiger partial charge in [-0.05, 0) is 13.0 Å². The van der Waals surface area contributed by atoms with Crippen LogP contribution in [0.3, 0.4) is 0 Å². The Bertz CT molecular complexity index is 448. The summed E-state index contributed by atoms with van der Waals surface area (Å²) in [6, 6.07) is 1.60. The number of halogens is 1. The lowest BCUT2D eigenvalue weighted by atomic mass is 10.4. The zero-order valence-corrected chi connectivity index (χ0v) is 7.53. The van der Waals surface area contributed by atoms with Crippen molar-refractivity contribution in [1.82, 2.24) is 20.0 Å². The Hall–Kier alpha value is -1.69. The molecule has 0 atom stereocenters. The molecule has 2 N–H and O–H groups in total. The van der Waals surface area contributed by atoms with Crippen LogP contribution in [0.4, 0.5) is 4.39 Å². The van der Waals surface area contributed by atoms with E-state index in [-0.39, 0.29) is 12.4 Å². The predicted octanol–water partition coefficient (Wildman–Crippen LogP) is 0.535. The smallest absolute Gasteiger partial charge is 0.211 e. The number of aromatic nitrogens is 4. The minimum atomic E-state index is -0.433. The summed E-state index contributed by atoms with van der Waals surface area (Å²) in [6.45, 7) is 1.42. The van der Waals surface area contributed by atoms with E-state index in [1.165, 1.54) is 4.68 Å². The number of nitrogens with one attached hydrogen (secondary N) is 1. The van der Waals surface area contributed by atoms with Crippen LogP contribution in [0.25, 0.3) is 5.82 Å². The van der Waals surface area contributed by atoms with E-state index < -0.39 is 5.82 Å². The molecule has 0 saturated heterocycles. The van der Waals surface area contributed by atoms with Crippen LogP contribution in [0.2, 0.25) is 0 Å². The third-order valence-corrected chi connectivity index (χ3v) is 1.88. The maximum Gasteiger partial charge on any atom is 0.211 e. The third-order valence-electron chi connectivity index (χ3n) is 1.88. The van der Waals surface area contributed by atoms with Crippen molar-refractivity contribution in [3.63, 3.8) is 0 Å². The van der Waals surface area contributed by atoms with Gasteiger partial charge >= 0.3 is 0 Å². The molecular weight excluding hydrogens is 187 g/mol. The summed E-state index contributed by atoms with van der Waals surface area (Å²) in [7, 11) is 0. The highest BCUT2D eigenvalue weighted by molar-refractivity contribution is 5.25. The summed E-state index contributed by atoms with van der Waals surface area (Å²) in [5.41, 5.74) is 0.839. The molecule has 0 aliphatic rings. The summed E-state index contributed by atoms with van der Waals surface area (Å²) < 4.78 is 14.6. The van der Waals surface area contributed by atoms with Crippen molar-refractivity contribution in [2.24, 2.45) is 0 Å². The average Bonchev–Trinajstić information content (AvgIpc) is 2.75. The molecule has 2 heterocycles. The van der Waals surface area contributed by atoms with Crippen molar-refractivity contribution in [3.05, 3.63) is 29.5 Å². The Labute approximate surface area is 79.2 Å². The zero-order valence-electron chi connectivity index (χ0n) is 7.53. The molecule has 0 fully saturated rings. The lowest BCUT2D eigenvalue weighted by molar-refractivity contribution is 0.276. The Balaban J connectivity index is 2.44. The van der Waals surface area contributed by atoms with Gasteiger partial charge in [0.15, 0.2) is 5.82 Å². The first-order valence-corrected chi connectivity index (χ1v) is 4.08. The summed E-state index contributed by atoms with van der Waals surface area (Å²) in [6.07, 6.45) is 1.55. The molecule has 0 saturated carbocycles. The first kappa shape index (κ1) is 8.89.